The fourth-order valence-electron chi connectivity index (χ4n) is 1.45. The molecule has 78 valence electrons. The summed E-state index contributed by atoms with van der Waals surface area (Å²) < 4.78 is 5.34. The number of nitrogens with zero attached hydrogens (tertiary/aromatic N) is 1. The predicted octanol–water partition coefficient (Wildman–Crippen LogP) is 2.18. The van der Waals surface area contributed by atoms with Crippen molar-refractivity contribution in [2.24, 2.45) is 0 Å². The van der Waals surface area contributed by atoms with E-state index in [-0.39, 0.29) is 6.61 Å². The van der Waals surface area contributed by atoms with E-state index >= 15 is 0 Å². The van der Waals surface area contributed by atoms with Crippen LogP contribution in [0.25, 0.3) is 11.5 Å². The first-order chi connectivity index (χ1) is 7.29. The number of benzene rings is 1. The topological polar surface area (TPSA) is 46.3 Å². The highest BCUT2D eigenvalue weighted by molar-refractivity contribution is 5.54. The van der Waals surface area contributed by atoms with Crippen molar-refractivity contribution in [3.05, 3.63) is 41.8 Å². The maximum atomic E-state index is 8.76. The van der Waals surface area contributed by atoms with Crippen LogP contribution in [0.3, 0.4) is 0 Å². The van der Waals surface area contributed by atoms with E-state index in [0.717, 1.165) is 11.3 Å². The van der Waals surface area contributed by atoms with Crippen molar-refractivity contribution in [3.8, 4) is 11.5 Å². The molecule has 0 spiro atoms. The SMILES string of the molecule is Cc1cccc(-c2nc(CCO)co2)c1. The van der Waals surface area contributed by atoms with Gasteiger partial charge in [-0.1, -0.05) is 17.7 Å². The van der Waals surface area contributed by atoms with Gasteiger partial charge in [0.05, 0.1) is 5.69 Å². The first kappa shape index (κ1) is 9.93. The average molecular weight is 203 g/mol. The molecule has 0 bridgehead atoms. The highest BCUT2D eigenvalue weighted by atomic mass is 16.3. The van der Waals surface area contributed by atoms with E-state index in [1.165, 1.54) is 5.56 Å². The van der Waals surface area contributed by atoms with Crippen molar-refractivity contribution in [1.29, 1.82) is 0 Å². The lowest BCUT2D eigenvalue weighted by Gasteiger charge is -1.96. The second kappa shape index (κ2) is 4.28. The van der Waals surface area contributed by atoms with Crippen LogP contribution >= 0.6 is 0 Å². The van der Waals surface area contributed by atoms with Gasteiger partial charge in [-0.05, 0) is 19.1 Å². The van der Waals surface area contributed by atoms with Crippen molar-refractivity contribution in [1.82, 2.24) is 4.98 Å². The summed E-state index contributed by atoms with van der Waals surface area (Å²) in [5.74, 6) is 0.613. The molecule has 0 aliphatic rings. The maximum absolute atomic E-state index is 8.76. The molecule has 2 aromatic rings. The largest absolute Gasteiger partial charge is 0.444 e. The fraction of sp³-hybridized carbons (Fsp3) is 0.250. The summed E-state index contributed by atoms with van der Waals surface area (Å²) >= 11 is 0. The van der Waals surface area contributed by atoms with Crippen LogP contribution in [0.5, 0.6) is 0 Å². The first-order valence-corrected chi connectivity index (χ1v) is 4.92. The van der Waals surface area contributed by atoms with Crippen molar-refractivity contribution >= 4 is 0 Å². The quantitative estimate of drug-likeness (QED) is 0.831. The molecule has 2 rings (SSSR count). The molecule has 0 atom stereocenters. The Labute approximate surface area is 88.4 Å². The molecular weight excluding hydrogens is 190 g/mol. The second-order valence-corrected chi connectivity index (χ2v) is 3.49. The first-order valence-electron chi connectivity index (χ1n) is 4.92. The zero-order chi connectivity index (χ0) is 10.7. The number of aryl methyl sites for hydroxylation is 1. The Balaban J connectivity index is 2.29. The van der Waals surface area contributed by atoms with E-state index in [2.05, 4.69) is 4.98 Å². The molecule has 0 saturated carbocycles. The minimum Gasteiger partial charge on any atom is -0.444 e. The summed E-state index contributed by atoms with van der Waals surface area (Å²) in [6.07, 6.45) is 2.13. The Morgan fingerprint density at radius 1 is 1.40 bits per heavy atom. The van der Waals surface area contributed by atoms with Gasteiger partial charge >= 0.3 is 0 Å². The van der Waals surface area contributed by atoms with Gasteiger partial charge in [0, 0.05) is 18.6 Å². The van der Waals surface area contributed by atoms with Gasteiger partial charge in [0.15, 0.2) is 0 Å². The molecule has 0 fully saturated rings. The molecule has 0 aliphatic heterocycles. The van der Waals surface area contributed by atoms with Gasteiger partial charge < -0.3 is 9.52 Å². The number of oxazole rings is 1. The van der Waals surface area contributed by atoms with Crippen LogP contribution in [0.15, 0.2) is 34.9 Å². The molecule has 0 unspecified atom stereocenters. The van der Waals surface area contributed by atoms with Gasteiger partial charge in [0.25, 0.3) is 0 Å². The van der Waals surface area contributed by atoms with Gasteiger partial charge in [0.1, 0.15) is 6.26 Å². The molecule has 1 N–H and O–H groups in total. The van der Waals surface area contributed by atoms with E-state index in [9.17, 15) is 0 Å². The van der Waals surface area contributed by atoms with Crippen LogP contribution in [0.4, 0.5) is 0 Å². The highest BCUT2D eigenvalue weighted by Crippen LogP contribution is 2.19. The number of rotatable bonds is 3. The molecule has 1 aromatic heterocycles. The van der Waals surface area contributed by atoms with Gasteiger partial charge in [0.2, 0.25) is 5.89 Å². The van der Waals surface area contributed by atoms with Crippen LogP contribution < -0.4 is 0 Å². The Hall–Kier alpha value is -1.61. The molecule has 1 heterocycles. The van der Waals surface area contributed by atoms with Gasteiger partial charge in [-0.15, -0.1) is 0 Å². The number of aromatic nitrogens is 1. The number of hydrogen-bond donors (Lipinski definition) is 1. The Bertz CT molecular complexity index is 448. The van der Waals surface area contributed by atoms with Gasteiger partial charge in [-0.2, -0.15) is 0 Å². The molecule has 3 nitrogen and oxygen atoms in total. The lowest BCUT2D eigenvalue weighted by molar-refractivity contribution is 0.298. The van der Waals surface area contributed by atoms with Gasteiger partial charge in [-0.3, -0.25) is 0 Å². The monoisotopic (exact) mass is 203 g/mol. The van der Waals surface area contributed by atoms with Crippen LogP contribution in [-0.2, 0) is 6.42 Å². The Kier molecular flexibility index (Phi) is 2.83. The molecule has 0 saturated heterocycles. The van der Waals surface area contributed by atoms with Gasteiger partial charge in [-0.25, -0.2) is 4.98 Å². The van der Waals surface area contributed by atoms with Crippen LogP contribution in [-0.4, -0.2) is 16.7 Å². The molecule has 15 heavy (non-hydrogen) atoms. The lowest BCUT2D eigenvalue weighted by Crippen LogP contribution is -1.90. The standard InChI is InChI=1S/C12H13NO2/c1-9-3-2-4-10(7-9)12-13-11(5-6-14)8-15-12/h2-4,7-8,14H,5-6H2,1H3. The van der Waals surface area contributed by atoms with Crippen LogP contribution in [0, 0.1) is 6.92 Å². The Morgan fingerprint density at radius 2 is 2.27 bits per heavy atom. The second-order valence-electron chi connectivity index (χ2n) is 3.49. The molecule has 3 heteroatoms. The third-order valence-corrected chi connectivity index (χ3v) is 2.18. The zero-order valence-corrected chi connectivity index (χ0v) is 8.60. The molecule has 0 amide bonds. The van der Waals surface area contributed by atoms with Crippen molar-refractivity contribution in [2.45, 2.75) is 13.3 Å². The minimum absolute atomic E-state index is 0.0970. The summed E-state index contributed by atoms with van der Waals surface area (Å²) in [7, 11) is 0. The summed E-state index contributed by atoms with van der Waals surface area (Å²) in [6, 6.07) is 7.98. The summed E-state index contributed by atoms with van der Waals surface area (Å²) in [6.45, 7) is 2.13. The van der Waals surface area contributed by atoms with Crippen molar-refractivity contribution in [2.75, 3.05) is 6.61 Å². The highest BCUT2D eigenvalue weighted by Gasteiger charge is 2.05. The van der Waals surface area contributed by atoms with Crippen LogP contribution in [0.2, 0.25) is 0 Å². The number of aliphatic hydroxyl groups is 1. The van der Waals surface area contributed by atoms with Crippen molar-refractivity contribution in [3.63, 3.8) is 0 Å². The van der Waals surface area contributed by atoms with E-state index in [4.69, 9.17) is 9.52 Å². The molecule has 0 aliphatic carbocycles. The normalized spacial score (nSPS) is 10.5. The predicted molar refractivity (Wildman–Crippen MR) is 57.5 cm³/mol. The van der Waals surface area contributed by atoms with Crippen molar-refractivity contribution < 1.29 is 9.52 Å². The minimum atomic E-state index is 0.0970. The third kappa shape index (κ3) is 2.25. The lowest BCUT2D eigenvalue weighted by atomic mass is 10.1. The average Bonchev–Trinajstić information content (AvgIpc) is 2.67. The zero-order valence-electron chi connectivity index (χ0n) is 8.60. The summed E-state index contributed by atoms with van der Waals surface area (Å²) in [4.78, 5) is 4.28. The van der Waals surface area contributed by atoms with E-state index < -0.39 is 0 Å². The third-order valence-electron chi connectivity index (χ3n) is 2.18. The summed E-state index contributed by atoms with van der Waals surface area (Å²) in [5.41, 5.74) is 2.93. The van der Waals surface area contributed by atoms with Crippen LogP contribution in [0.1, 0.15) is 11.3 Å². The number of hydrogen-bond acceptors (Lipinski definition) is 3. The fourth-order valence-corrected chi connectivity index (χ4v) is 1.45. The smallest absolute Gasteiger partial charge is 0.226 e. The molecule has 0 radical (unpaired) electrons. The van der Waals surface area contributed by atoms with E-state index in [1.54, 1.807) is 6.26 Å². The van der Waals surface area contributed by atoms with E-state index in [0.29, 0.717) is 12.3 Å². The maximum Gasteiger partial charge on any atom is 0.226 e. The molecule has 1 aromatic carbocycles. The molecular formula is C12H13NO2. The Morgan fingerprint density at radius 3 is 3.00 bits per heavy atom. The number of aliphatic hydroxyl groups excluding tert-OH is 1. The summed E-state index contributed by atoms with van der Waals surface area (Å²) in [5, 5.41) is 8.76. The van der Waals surface area contributed by atoms with E-state index in [1.807, 2.05) is 31.2 Å².